The van der Waals surface area contributed by atoms with Crippen LogP contribution in [0.25, 0.3) is 0 Å². The van der Waals surface area contributed by atoms with Crippen molar-refractivity contribution in [2.24, 2.45) is 5.73 Å². The number of unbranched alkanes of at least 4 members (excludes halogenated alkanes) is 1. The quantitative estimate of drug-likeness (QED) is 0.183. The van der Waals surface area contributed by atoms with Gasteiger partial charge in [-0.25, -0.2) is 0 Å². The Labute approximate surface area is 254 Å². The minimum absolute atomic E-state index is 0.204. The van der Waals surface area contributed by atoms with Crippen LogP contribution in [0.3, 0.4) is 0 Å². The van der Waals surface area contributed by atoms with Gasteiger partial charge in [0.15, 0.2) is 0 Å². The van der Waals surface area contributed by atoms with Crippen LogP contribution in [0.4, 0.5) is 0 Å². The van der Waals surface area contributed by atoms with Crippen molar-refractivity contribution >= 4 is 19.0 Å². The van der Waals surface area contributed by atoms with Crippen molar-refractivity contribution in [1.29, 1.82) is 0 Å². The number of benzene rings is 2. The highest BCUT2D eigenvalue weighted by atomic mass is 32.1. The number of thiol groups is 1. The Morgan fingerprint density at radius 3 is 2.22 bits per heavy atom. The van der Waals surface area contributed by atoms with E-state index in [4.69, 9.17) is 5.73 Å². The van der Waals surface area contributed by atoms with E-state index in [1.54, 1.807) is 0 Å². The highest BCUT2D eigenvalue weighted by Crippen LogP contribution is 2.33. The van der Waals surface area contributed by atoms with Crippen LogP contribution >= 0.6 is 12.6 Å². The van der Waals surface area contributed by atoms with E-state index in [-0.39, 0.29) is 5.25 Å². The first-order valence-electron chi connectivity index (χ1n) is 15.4. The van der Waals surface area contributed by atoms with E-state index in [0.717, 1.165) is 58.3 Å². The molecule has 1 fully saturated rings. The summed E-state index contributed by atoms with van der Waals surface area (Å²) in [5, 5.41) is 0.204. The molecule has 1 aliphatic carbocycles. The molecule has 6 heteroatoms. The third kappa shape index (κ3) is 9.98. The lowest BCUT2D eigenvalue weighted by Crippen LogP contribution is -2.54. The Bertz CT molecular complexity index is 1110. The van der Waals surface area contributed by atoms with Gasteiger partial charge in [-0.15, -0.1) is 0 Å². The van der Waals surface area contributed by atoms with Gasteiger partial charge in [0.1, 0.15) is 0 Å². The van der Waals surface area contributed by atoms with Crippen LogP contribution in [0.15, 0.2) is 73.1 Å². The molecule has 1 saturated heterocycles. The van der Waals surface area contributed by atoms with Crippen LogP contribution in [-0.2, 0) is 24.1 Å². The monoisotopic (exact) mass is 574 g/mol. The van der Waals surface area contributed by atoms with E-state index < -0.39 is 0 Å². The smallest absolute Gasteiger partial charge is 0.209 e. The summed E-state index contributed by atoms with van der Waals surface area (Å²) < 4.78 is 0. The minimum Gasteiger partial charge on any atom is -0.342 e. The second-order valence-electron chi connectivity index (χ2n) is 10.9. The van der Waals surface area contributed by atoms with Crippen molar-refractivity contribution in [3.63, 3.8) is 0 Å². The molecule has 1 unspecified atom stereocenters. The number of pyridine rings is 1. The lowest BCUT2D eigenvalue weighted by Gasteiger charge is -2.41. The van der Waals surface area contributed by atoms with E-state index >= 15 is 0 Å². The number of nitrogens with zero attached hydrogens (tertiary/aromatic N) is 3. The van der Waals surface area contributed by atoms with E-state index in [1.807, 2.05) is 37.2 Å². The van der Waals surface area contributed by atoms with Gasteiger partial charge in [-0.1, -0.05) is 81.8 Å². The average molecular weight is 575 g/mol. The fraction of sp³-hybridized carbons (Fsp3) is 0.486. The number of amides is 1. The number of rotatable bonds is 9. The number of piperazine rings is 1. The number of hydrogen-bond donors (Lipinski definition) is 2. The van der Waals surface area contributed by atoms with E-state index in [9.17, 15) is 4.79 Å². The molecule has 2 N–H and O–H groups in total. The van der Waals surface area contributed by atoms with Crippen molar-refractivity contribution in [1.82, 2.24) is 14.8 Å². The molecule has 222 valence electrons. The minimum atomic E-state index is 0.204. The zero-order chi connectivity index (χ0) is 29.5. The first-order chi connectivity index (χ1) is 20.1. The zero-order valence-electron chi connectivity index (χ0n) is 25.3. The van der Waals surface area contributed by atoms with Crippen molar-refractivity contribution in [3.05, 3.63) is 101 Å². The maximum atomic E-state index is 11.1. The van der Waals surface area contributed by atoms with E-state index in [1.165, 1.54) is 40.7 Å². The molecule has 1 aromatic heterocycles. The van der Waals surface area contributed by atoms with Gasteiger partial charge in [-0.2, -0.15) is 12.6 Å². The molecule has 2 heterocycles. The third-order valence-electron chi connectivity index (χ3n) is 8.18. The summed E-state index contributed by atoms with van der Waals surface area (Å²) in [6, 6.07) is 22.3. The lowest BCUT2D eigenvalue weighted by molar-refractivity contribution is -0.121. The Morgan fingerprint density at radius 1 is 0.976 bits per heavy atom. The number of hydrogen-bond acceptors (Lipinski definition) is 5. The second kappa shape index (κ2) is 18.0. The largest absolute Gasteiger partial charge is 0.342 e. The Kier molecular flexibility index (Phi) is 14.4. The molecule has 5 rings (SSSR count). The fourth-order valence-electron chi connectivity index (χ4n) is 5.93. The molecular formula is C35H50N4OS. The molecule has 2 aromatic carbocycles. The van der Waals surface area contributed by atoms with Crippen LogP contribution in [0.1, 0.15) is 73.8 Å². The summed E-state index contributed by atoms with van der Waals surface area (Å²) in [4.78, 5) is 19.6. The van der Waals surface area contributed by atoms with Gasteiger partial charge in [0.05, 0.1) is 0 Å². The fourth-order valence-corrected chi connectivity index (χ4v) is 6.14. The van der Waals surface area contributed by atoms with Gasteiger partial charge < -0.3 is 10.6 Å². The van der Waals surface area contributed by atoms with Gasteiger partial charge in [-0.3, -0.25) is 14.7 Å². The summed E-state index contributed by atoms with van der Waals surface area (Å²) in [7, 11) is 0. The highest BCUT2D eigenvalue weighted by molar-refractivity contribution is 7.81. The standard InChI is InChI=1S/C17H28N4OS.C16H16.C2H6/c18-10-17(23)13-21-9-8-20(14-22)12-16(21)6-2-1-4-15-5-3-7-19-11-15;1-12-15-8-4-2-6-13(15)10-11-14-7-3-5-9-16(12)14;1-2/h3,5,7,11,14,16-17,23H,1-2,4,6,8-10,12-13,18H2;2-9,12H,10-11H2,1H3;1-2H3/t16-,17?;;/m0../s1. The first-order valence-corrected chi connectivity index (χ1v) is 16.0. The molecule has 0 saturated carbocycles. The SMILES string of the molecule is CC.CC1c2ccccc2CCc2ccccc21.NCC(S)CN1CCN(C=O)C[C@@H]1CCCCc1cccnc1. The molecule has 1 aliphatic heterocycles. The Balaban J connectivity index is 0.000000223. The summed E-state index contributed by atoms with van der Waals surface area (Å²) >= 11 is 4.53. The topological polar surface area (TPSA) is 62.5 Å². The molecule has 0 spiro atoms. The van der Waals surface area contributed by atoms with Gasteiger partial charge >= 0.3 is 0 Å². The van der Waals surface area contributed by atoms with Gasteiger partial charge in [-0.05, 0) is 66.0 Å². The number of carbonyl (C=O) groups is 1. The van der Waals surface area contributed by atoms with Gasteiger partial charge in [0, 0.05) is 62.3 Å². The van der Waals surface area contributed by atoms with Crippen molar-refractivity contribution in [3.8, 4) is 0 Å². The molecule has 41 heavy (non-hydrogen) atoms. The Morgan fingerprint density at radius 2 is 1.63 bits per heavy atom. The summed E-state index contributed by atoms with van der Waals surface area (Å²) in [5.41, 5.74) is 13.0. The molecular weight excluding hydrogens is 524 g/mol. The van der Waals surface area contributed by atoms with E-state index in [0.29, 0.717) is 18.5 Å². The Hall–Kier alpha value is -2.67. The van der Waals surface area contributed by atoms with Crippen molar-refractivity contribution in [2.75, 3.05) is 32.7 Å². The molecule has 0 radical (unpaired) electrons. The maximum absolute atomic E-state index is 11.1. The maximum Gasteiger partial charge on any atom is 0.209 e. The van der Waals surface area contributed by atoms with Crippen LogP contribution in [-0.4, -0.2) is 65.2 Å². The number of fused-ring (bicyclic) bond motifs is 2. The second-order valence-corrected chi connectivity index (χ2v) is 11.6. The summed E-state index contributed by atoms with van der Waals surface area (Å²) in [6.45, 7) is 10.4. The molecule has 2 atom stereocenters. The number of nitrogens with two attached hydrogens (primary N) is 1. The van der Waals surface area contributed by atoms with Crippen molar-refractivity contribution < 1.29 is 4.79 Å². The van der Waals surface area contributed by atoms with Crippen LogP contribution in [0.2, 0.25) is 0 Å². The molecule has 1 amide bonds. The lowest BCUT2D eigenvalue weighted by atomic mass is 9.90. The van der Waals surface area contributed by atoms with Crippen molar-refractivity contribution in [2.45, 2.75) is 76.5 Å². The molecule has 5 nitrogen and oxygen atoms in total. The predicted molar refractivity (Wildman–Crippen MR) is 176 cm³/mol. The zero-order valence-corrected chi connectivity index (χ0v) is 26.2. The normalized spacial score (nSPS) is 17.5. The van der Waals surface area contributed by atoms with Gasteiger partial charge in [0.2, 0.25) is 6.41 Å². The number of aromatic nitrogens is 1. The van der Waals surface area contributed by atoms with Crippen LogP contribution in [0, 0.1) is 0 Å². The summed E-state index contributed by atoms with van der Waals surface area (Å²) in [6.07, 6.45) is 11.6. The molecule has 2 aliphatic rings. The number of aryl methyl sites for hydroxylation is 3. The van der Waals surface area contributed by atoms with Gasteiger partial charge in [0.25, 0.3) is 0 Å². The average Bonchev–Trinajstić information content (AvgIpc) is 3.18. The van der Waals surface area contributed by atoms with Crippen LogP contribution in [0.5, 0.6) is 0 Å². The highest BCUT2D eigenvalue weighted by Gasteiger charge is 2.27. The molecule has 3 aromatic rings. The third-order valence-corrected chi connectivity index (χ3v) is 8.56. The predicted octanol–water partition coefficient (Wildman–Crippen LogP) is 6.16. The molecule has 0 bridgehead atoms. The summed E-state index contributed by atoms with van der Waals surface area (Å²) in [5.74, 6) is 0.537. The van der Waals surface area contributed by atoms with Crippen LogP contribution < -0.4 is 5.73 Å². The van der Waals surface area contributed by atoms with E-state index in [2.05, 4.69) is 84.0 Å². The first kappa shape index (κ1) is 32.8. The number of carbonyl (C=O) groups excluding carboxylic acids is 1.